The summed E-state index contributed by atoms with van der Waals surface area (Å²) in [6, 6.07) is 0. The summed E-state index contributed by atoms with van der Waals surface area (Å²) in [5, 5.41) is 3.89. The summed E-state index contributed by atoms with van der Waals surface area (Å²) < 4.78 is 5.32. The smallest absolute Gasteiger partial charge is 0.228 e. The van der Waals surface area contributed by atoms with Gasteiger partial charge in [0.2, 0.25) is 5.91 Å². The van der Waals surface area contributed by atoms with Crippen LogP contribution in [0.25, 0.3) is 0 Å². The van der Waals surface area contributed by atoms with Gasteiger partial charge in [-0.05, 0) is 50.5 Å². The second kappa shape index (κ2) is 5.78. The normalized spacial score (nSPS) is 21.6. The van der Waals surface area contributed by atoms with Gasteiger partial charge in [0.25, 0.3) is 0 Å². The van der Waals surface area contributed by atoms with Gasteiger partial charge >= 0.3 is 0 Å². The van der Waals surface area contributed by atoms with Crippen LogP contribution >= 0.6 is 11.3 Å². The van der Waals surface area contributed by atoms with Crippen molar-refractivity contribution in [3.63, 3.8) is 0 Å². The van der Waals surface area contributed by atoms with Gasteiger partial charge in [-0.25, -0.2) is 0 Å². The zero-order valence-electron chi connectivity index (χ0n) is 12.7. The second-order valence-electron chi connectivity index (χ2n) is 6.58. The minimum atomic E-state index is 0.0227. The van der Waals surface area contributed by atoms with Crippen LogP contribution < -0.4 is 5.32 Å². The molecule has 2 aliphatic carbocycles. The average molecular weight is 319 g/mol. The fourth-order valence-corrected chi connectivity index (χ4v) is 4.77. The lowest BCUT2D eigenvalue weighted by molar-refractivity contribution is -0.122. The molecule has 3 aliphatic rings. The van der Waals surface area contributed by atoms with Gasteiger partial charge in [-0.15, -0.1) is 11.3 Å². The van der Waals surface area contributed by atoms with Gasteiger partial charge < -0.3 is 10.1 Å². The first kappa shape index (κ1) is 14.4. The fourth-order valence-electron chi connectivity index (χ4n) is 3.48. The van der Waals surface area contributed by atoms with Crippen molar-refractivity contribution < 1.29 is 14.3 Å². The number of aryl methyl sites for hydroxylation is 1. The molecule has 0 unspecified atom stereocenters. The van der Waals surface area contributed by atoms with E-state index in [0.717, 1.165) is 55.5 Å². The molecule has 1 aliphatic heterocycles. The molecular weight excluding hydrogens is 298 g/mol. The third-order valence-electron chi connectivity index (χ3n) is 4.94. The molecule has 1 N–H and O–H groups in total. The van der Waals surface area contributed by atoms with E-state index >= 15 is 0 Å². The van der Waals surface area contributed by atoms with Crippen LogP contribution in [0.2, 0.25) is 0 Å². The fraction of sp³-hybridized carbons (Fsp3) is 0.647. The van der Waals surface area contributed by atoms with Crippen molar-refractivity contribution in [2.75, 3.05) is 18.5 Å². The minimum Gasteiger partial charge on any atom is -0.381 e. The highest BCUT2D eigenvalue weighted by atomic mass is 32.1. The molecular formula is C17H21NO3S. The number of rotatable bonds is 4. The quantitative estimate of drug-likeness (QED) is 0.867. The standard InChI is InChI=1S/C17H21NO3S/c19-15(10-4-5-10)14-12-2-1-3-13(12)22-17(14)18-16(20)11-6-8-21-9-7-11/h10-11H,1-9H2,(H,18,20). The molecule has 118 valence electrons. The van der Waals surface area contributed by atoms with Crippen molar-refractivity contribution in [2.45, 2.75) is 44.9 Å². The highest BCUT2D eigenvalue weighted by molar-refractivity contribution is 7.17. The molecule has 5 heteroatoms. The number of thiophene rings is 1. The van der Waals surface area contributed by atoms with Crippen molar-refractivity contribution in [3.05, 3.63) is 16.0 Å². The molecule has 4 nitrogen and oxygen atoms in total. The van der Waals surface area contributed by atoms with E-state index in [9.17, 15) is 9.59 Å². The number of ether oxygens (including phenoxy) is 1. The first-order valence-electron chi connectivity index (χ1n) is 8.31. The number of carbonyl (C=O) groups is 2. The number of anilines is 1. The molecule has 2 fully saturated rings. The van der Waals surface area contributed by atoms with E-state index in [1.807, 2.05) is 0 Å². The van der Waals surface area contributed by atoms with Crippen molar-refractivity contribution in [1.82, 2.24) is 0 Å². The zero-order chi connectivity index (χ0) is 15.1. The highest BCUT2D eigenvalue weighted by Gasteiger charge is 2.36. The SMILES string of the molecule is O=C(Nc1sc2c(c1C(=O)C1CC1)CCC2)C1CCOCC1. The van der Waals surface area contributed by atoms with Gasteiger partial charge in [-0.2, -0.15) is 0 Å². The Morgan fingerprint density at radius 2 is 1.82 bits per heavy atom. The number of hydrogen-bond donors (Lipinski definition) is 1. The van der Waals surface area contributed by atoms with Gasteiger partial charge in [-0.1, -0.05) is 0 Å². The van der Waals surface area contributed by atoms with Crippen LogP contribution in [0, 0.1) is 11.8 Å². The molecule has 1 aromatic rings. The monoisotopic (exact) mass is 319 g/mol. The van der Waals surface area contributed by atoms with Gasteiger partial charge in [0.05, 0.1) is 5.56 Å². The van der Waals surface area contributed by atoms with Crippen LogP contribution in [0.1, 0.15) is 52.9 Å². The van der Waals surface area contributed by atoms with Crippen molar-refractivity contribution in [3.8, 4) is 0 Å². The second-order valence-corrected chi connectivity index (χ2v) is 7.68. The summed E-state index contributed by atoms with van der Waals surface area (Å²) in [6.07, 6.45) is 6.77. The minimum absolute atomic E-state index is 0.0227. The summed E-state index contributed by atoms with van der Waals surface area (Å²) in [7, 11) is 0. The molecule has 2 heterocycles. The van der Waals surface area contributed by atoms with E-state index < -0.39 is 0 Å². The lowest BCUT2D eigenvalue weighted by Gasteiger charge is -2.21. The number of fused-ring (bicyclic) bond motifs is 1. The number of nitrogens with one attached hydrogen (secondary N) is 1. The van der Waals surface area contributed by atoms with Crippen LogP contribution in [-0.4, -0.2) is 24.9 Å². The Bertz CT molecular complexity index is 612. The Hall–Kier alpha value is -1.20. The summed E-state index contributed by atoms with van der Waals surface area (Å²) >= 11 is 1.63. The summed E-state index contributed by atoms with van der Waals surface area (Å²) in [5.41, 5.74) is 2.07. The van der Waals surface area contributed by atoms with E-state index in [4.69, 9.17) is 4.74 Å². The molecule has 0 atom stereocenters. The Balaban J connectivity index is 1.58. The average Bonchev–Trinajstić information content (AvgIpc) is 3.20. The van der Waals surface area contributed by atoms with E-state index in [-0.39, 0.29) is 23.5 Å². The molecule has 1 amide bonds. The molecule has 1 saturated carbocycles. The van der Waals surface area contributed by atoms with Gasteiger partial charge in [0.15, 0.2) is 5.78 Å². The van der Waals surface area contributed by atoms with E-state index in [0.29, 0.717) is 13.2 Å². The Kier molecular flexibility index (Phi) is 3.78. The third kappa shape index (κ3) is 2.61. The van der Waals surface area contributed by atoms with Crippen LogP contribution in [0.4, 0.5) is 5.00 Å². The first-order chi connectivity index (χ1) is 10.7. The molecule has 0 bridgehead atoms. The Morgan fingerprint density at radius 1 is 1.05 bits per heavy atom. The maximum Gasteiger partial charge on any atom is 0.228 e. The maximum absolute atomic E-state index is 12.6. The summed E-state index contributed by atoms with van der Waals surface area (Å²) in [5.74, 6) is 0.558. The number of Topliss-reactive ketones (excluding diaryl/α,β-unsaturated/α-hetero) is 1. The predicted molar refractivity (Wildman–Crippen MR) is 85.6 cm³/mol. The van der Waals surface area contributed by atoms with Crippen molar-refractivity contribution in [2.24, 2.45) is 11.8 Å². The molecule has 4 rings (SSSR count). The number of carbonyl (C=O) groups excluding carboxylic acids is 2. The lowest BCUT2D eigenvalue weighted by atomic mass is 9.99. The summed E-state index contributed by atoms with van der Waals surface area (Å²) in [4.78, 5) is 26.4. The predicted octanol–water partition coefficient (Wildman–Crippen LogP) is 3.19. The molecule has 0 spiro atoms. The van der Waals surface area contributed by atoms with Crippen LogP contribution in [0.5, 0.6) is 0 Å². The topological polar surface area (TPSA) is 55.4 Å². The van der Waals surface area contributed by atoms with Crippen LogP contribution in [-0.2, 0) is 22.4 Å². The largest absolute Gasteiger partial charge is 0.381 e. The number of amides is 1. The molecule has 0 radical (unpaired) electrons. The lowest BCUT2D eigenvalue weighted by Crippen LogP contribution is -2.28. The van der Waals surface area contributed by atoms with Gasteiger partial charge in [0, 0.05) is 29.9 Å². The van der Waals surface area contributed by atoms with E-state index in [1.165, 1.54) is 10.4 Å². The molecule has 1 saturated heterocycles. The molecule has 0 aromatic carbocycles. The highest BCUT2D eigenvalue weighted by Crippen LogP contribution is 2.44. The zero-order valence-corrected chi connectivity index (χ0v) is 13.5. The first-order valence-corrected chi connectivity index (χ1v) is 9.13. The van der Waals surface area contributed by atoms with Crippen molar-refractivity contribution in [1.29, 1.82) is 0 Å². The number of hydrogen-bond acceptors (Lipinski definition) is 4. The van der Waals surface area contributed by atoms with Crippen LogP contribution in [0.3, 0.4) is 0 Å². The third-order valence-corrected chi connectivity index (χ3v) is 6.15. The number of ketones is 1. The molecule has 22 heavy (non-hydrogen) atoms. The van der Waals surface area contributed by atoms with Crippen LogP contribution in [0.15, 0.2) is 0 Å². The van der Waals surface area contributed by atoms with Gasteiger partial charge in [0.1, 0.15) is 5.00 Å². The Morgan fingerprint density at radius 3 is 2.55 bits per heavy atom. The van der Waals surface area contributed by atoms with Gasteiger partial charge in [-0.3, -0.25) is 9.59 Å². The van der Waals surface area contributed by atoms with Crippen molar-refractivity contribution >= 4 is 28.0 Å². The van der Waals surface area contributed by atoms with E-state index in [1.54, 1.807) is 11.3 Å². The summed E-state index contributed by atoms with van der Waals surface area (Å²) in [6.45, 7) is 1.32. The molecule has 1 aromatic heterocycles. The van der Waals surface area contributed by atoms with E-state index in [2.05, 4.69) is 5.32 Å². The Labute approximate surface area is 134 Å². The maximum atomic E-state index is 12.6.